The summed E-state index contributed by atoms with van der Waals surface area (Å²) in [4.78, 5) is 23.9. The SMILES string of the molecule is Cc1noc(COC(=O)c2ccc(-n3ccnc3)nc2)n1. The van der Waals surface area contributed by atoms with E-state index in [2.05, 4.69) is 20.1 Å². The van der Waals surface area contributed by atoms with Crippen LogP contribution < -0.4 is 0 Å². The second kappa shape index (κ2) is 5.53. The van der Waals surface area contributed by atoms with Crippen LogP contribution in [0.1, 0.15) is 22.1 Å². The maximum Gasteiger partial charge on any atom is 0.340 e. The van der Waals surface area contributed by atoms with Gasteiger partial charge >= 0.3 is 5.97 Å². The van der Waals surface area contributed by atoms with Crippen molar-refractivity contribution in [2.75, 3.05) is 0 Å². The van der Waals surface area contributed by atoms with E-state index in [-0.39, 0.29) is 12.5 Å². The lowest BCUT2D eigenvalue weighted by atomic mass is 10.3. The zero-order valence-electron chi connectivity index (χ0n) is 11.1. The average Bonchev–Trinajstić information content (AvgIpc) is 3.16. The van der Waals surface area contributed by atoms with Gasteiger partial charge in [-0.05, 0) is 19.1 Å². The highest BCUT2D eigenvalue weighted by Crippen LogP contribution is 2.08. The van der Waals surface area contributed by atoms with Crippen LogP contribution in [0.4, 0.5) is 0 Å². The highest BCUT2D eigenvalue weighted by atomic mass is 16.6. The molecule has 0 saturated heterocycles. The Labute approximate surface area is 119 Å². The van der Waals surface area contributed by atoms with Gasteiger partial charge in [0.05, 0.1) is 5.56 Å². The molecule has 8 nitrogen and oxygen atoms in total. The van der Waals surface area contributed by atoms with Gasteiger partial charge in [0, 0.05) is 18.6 Å². The van der Waals surface area contributed by atoms with Gasteiger partial charge in [-0.2, -0.15) is 4.98 Å². The van der Waals surface area contributed by atoms with Gasteiger partial charge in [0.2, 0.25) is 0 Å². The van der Waals surface area contributed by atoms with Crippen molar-refractivity contribution in [1.29, 1.82) is 0 Å². The van der Waals surface area contributed by atoms with E-state index in [0.29, 0.717) is 17.2 Å². The predicted molar refractivity (Wildman–Crippen MR) is 69.5 cm³/mol. The summed E-state index contributed by atoms with van der Waals surface area (Å²) in [5.74, 6) is 0.906. The number of aromatic nitrogens is 5. The Balaban J connectivity index is 1.65. The molecule has 0 N–H and O–H groups in total. The molecular weight excluding hydrogens is 274 g/mol. The average molecular weight is 285 g/mol. The fraction of sp³-hybridized carbons (Fsp3) is 0.154. The van der Waals surface area contributed by atoms with Crippen LogP contribution in [0.25, 0.3) is 5.82 Å². The highest BCUT2D eigenvalue weighted by Gasteiger charge is 2.11. The summed E-state index contributed by atoms with van der Waals surface area (Å²) in [5, 5.41) is 3.61. The number of imidazole rings is 1. The molecule has 106 valence electrons. The summed E-state index contributed by atoms with van der Waals surface area (Å²) in [7, 11) is 0. The van der Waals surface area contributed by atoms with Gasteiger partial charge in [-0.3, -0.25) is 4.57 Å². The maximum absolute atomic E-state index is 11.9. The van der Waals surface area contributed by atoms with Crippen molar-refractivity contribution in [2.24, 2.45) is 0 Å². The molecule has 21 heavy (non-hydrogen) atoms. The molecule has 0 aliphatic carbocycles. The van der Waals surface area contributed by atoms with Crippen LogP contribution in [-0.4, -0.2) is 30.6 Å². The van der Waals surface area contributed by atoms with Crippen LogP contribution >= 0.6 is 0 Å². The quantitative estimate of drug-likeness (QED) is 0.667. The molecule has 0 spiro atoms. The van der Waals surface area contributed by atoms with Crippen molar-refractivity contribution >= 4 is 5.97 Å². The molecule has 0 radical (unpaired) electrons. The van der Waals surface area contributed by atoms with Crippen LogP contribution in [-0.2, 0) is 11.3 Å². The normalized spacial score (nSPS) is 10.5. The highest BCUT2D eigenvalue weighted by molar-refractivity contribution is 5.89. The molecule has 0 unspecified atom stereocenters. The molecule has 3 heterocycles. The first kappa shape index (κ1) is 13.0. The van der Waals surface area contributed by atoms with Crippen molar-refractivity contribution < 1.29 is 14.1 Å². The van der Waals surface area contributed by atoms with Crippen LogP contribution in [0.15, 0.2) is 41.6 Å². The number of ether oxygens (including phenoxy) is 1. The molecule has 3 aromatic heterocycles. The minimum Gasteiger partial charge on any atom is -0.452 e. The first-order chi connectivity index (χ1) is 10.2. The van der Waals surface area contributed by atoms with Gasteiger partial charge in [0.25, 0.3) is 5.89 Å². The van der Waals surface area contributed by atoms with E-state index < -0.39 is 5.97 Å². The maximum atomic E-state index is 11.9. The molecule has 0 saturated carbocycles. The predicted octanol–water partition coefficient (Wildman–Crippen LogP) is 1.32. The molecular formula is C13H11N5O3. The Bertz CT molecular complexity index is 734. The van der Waals surface area contributed by atoms with Gasteiger partial charge in [-0.15, -0.1) is 0 Å². The van der Waals surface area contributed by atoms with E-state index in [1.54, 1.807) is 42.3 Å². The van der Waals surface area contributed by atoms with Gasteiger partial charge in [-0.1, -0.05) is 5.16 Å². The molecule has 8 heteroatoms. The minimum atomic E-state index is -0.504. The number of aryl methyl sites for hydroxylation is 1. The number of nitrogens with zero attached hydrogens (tertiary/aromatic N) is 5. The fourth-order valence-electron chi connectivity index (χ4n) is 1.66. The minimum absolute atomic E-state index is 0.0665. The van der Waals surface area contributed by atoms with Crippen molar-refractivity contribution in [3.8, 4) is 5.82 Å². The monoisotopic (exact) mass is 285 g/mol. The molecule has 0 bridgehead atoms. The van der Waals surface area contributed by atoms with Crippen molar-refractivity contribution in [3.05, 3.63) is 54.3 Å². The molecule has 0 aliphatic rings. The Kier molecular flexibility index (Phi) is 3.42. The largest absolute Gasteiger partial charge is 0.452 e. The van der Waals surface area contributed by atoms with Gasteiger partial charge in [-0.25, -0.2) is 14.8 Å². The zero-order valence-corrected chi connectivity index (χ0v) is 11.1. The molecule has 0 aliphatic heterocycles. The summed E-state index contributed by atoms with van der Waals surface area (Å²) in [5.41, 5.74) is 0.343. The lowest BCUT2D eigenvalue weighted by Gasteiger charge is -2.03. The second-order valence-corrected chi connectivity index (χ2v) is 4.19. The summed E-state index contributed by atoms with van der Waals surface area (Å²) >= 11 is 0. The van der Waals surface area contributed by atoms with E-state index in [1.807, 2.05) is 0 Å². The fourth-order valence-corrected chi connectivity index (χ4v) is 1.66. The van der Waals surface area contributed by atoms with Crippen molar-refractivity contribution in [2.45, 2.75) is 13.5 Å². The van der Waals surface area contributed by atoms with Crippen LogP contribution in [0, 0.1) is 6.92 Å². The third kappa shape index (κ3) is 2.94. The van der Waals surface area contributed by atoms with Crippen LogP contribution in [0.3, 0.4) is 0 Å². The van der Waals surface area contributed by atoms with E-state index in [1.165, 1.54) is 6.20 Å². The van der Waals surface area contributed by atoms with Crippen LogP contribution in [0.2, 0.25) is 0 Å². The number of hydrogen-bond donors (Lipinski definition) is 0. The Morgan fingerprint density at radius 2 is 2.33 bits per heavy atom. The molecule has 0 amide bonds. The standard InChI is InChI=1S/C13H11N5O3/c1-9-16-12(21-17-9)7-20-13(19)10-2-3-11(15-6-10)18-5-4-14-8-18/h2-6,8H,7H2,1H3. The third-order valence-electron chi connectivity index (χ3n) is 2.65. The van der Waals surface area contributed by atoms with Crippen molar-refractivity contribution in [3.63, 3.8) is 0 Å². The van der Waals surface area contributed by atoms with E-state index >= 15 is 0 Å². The van der Waals surface area contributed by atoms with E-state index in [0.717, 1.165) is 0 Å². The second-order valence-electron chi connectivity index (χ2n) is 4.19. The topological polar surface area (TPSA) is 95.9 Å². The first-order valence-electron chi connectivity index (χ1n) is 6.13. The number of esters is 1. The van der Waals surface area contributed by atoms with Gasteiger partial charge in [0.15, 0.2) is 12.4 Å². The number of rotatable bonds is 4. The molecule has 0 aromatic carbocycles. The third-order valence-corrected chi connectivity index (χ3v) is 2.65. The number of pyridine rings is 1. The Morgan fingerprint density at radius 1 is 1.43 bits per heavy atom. The number of carbonyl (C=O) groups is 1. The number of hydrogen-bond acceptors (Lipinski definition) is 7. The molecule has 3 rings (SSSR count). The zero-order chi connectivity index (χ0) is 14.7. The Hall–Kier alpha value is -3.03. The van der Waals surface area contributed by atoms with E-state index in [4.69, 9.17) is 9.26 Å². The summed E-state index contributed by atoms with van der Waals surface area (Å²) in [6.45, 7) is 1.62. The lowest BCUT2D eigenvalue weighted by molar-refractivity contribution is 0.0429. The van der Waals surface area contributed by atoms with Gasteiger partial charge < -0.3 is 9.26 Å². The first-order valence-corrected chi connectivity index (χ1v) is 6.13. The summed E-state index contributed by atoms with van der Waals surface area (Å²) in [6.07, 6.45) is 6.48. The van der Waals surface area contributed by atoms with Crippen LogP contribution in [0.5, 0.6) is 0 Å². The van der Waals surface area contributed by atoms with E-state index in [9.17, 15) is 4.79 Å². The molecule has 0 atom stereocenters. The number of carbonyl (C=O) groups excluding carboxylic acids is 1. The summed E-state index contributed by atoms with van der Waals surface area (Å²) < 4.78 is 11.7. The molecule has 0 fully saturated rings. The lowest BCUT2D eigenvalue weighted by Crippen LogP contribution is -2.06. The smallest absolute Gasteiger partial charge is 0.340 e. The summed E-state index contributed by atoms with van der Waals surface area (Å²) in [6, 6.07) is 3.33. The van der Waals surface area contributed by atoms with Crippen molar-refractivity contribution in [1.82, 2.24) is 24.7 Å². The van der Waals surface area contributed by atoms with Gasteiger partial charge in [0.1, 0.15) is 12.1 Å². The Morgan fingerprint density at radius 3 is 2.95 bits per heavy atom. The molecule has 3 aromatic rings.